The summed E-state index contributed by atoms with van der Waals surface area (Å²) in [5.41, 5.74) is -0.153. The van der Waals surface area contributed by atoms with Gasteiger partial charge in [0.05, 0.1) is 27.4 Å². The van der Waals surface area contributed by atoms with E-state index in [2.05, 4.69) is 9.44 Å². The molecule has 2 aromatic rings. The molecule has 9 nitrogen and oxygen atoms in total. The second kappa shape index (κ2) is 6.45. The van der Waals surface area contributed by atoms with Crippen molar-refractivity contribution in [3.05, 3.63) is 58.6 Å². The van der Waals surface area contributed by atoms with Crippen LogP contribution >= 0.6 is 0 Å². The standard InChI is InChI=1S/C13H13N3O6S2/c1-23(19,20)14-12-4-2-3-5-13(12)15-24(21,22)11-8-6-10(7-9-11)16(17)18/h2-9,14-15H,1H3. The van der Waals surface area contributed by atoms with Gasteiger partial charge in [0.15, 0.2) is 0 Å². The van der Waals surface area contributed by atoms with E-state index in [1.807, 2.05) is 0 Å². The molecule has 128 valence electrons. The Labute approximate surface area is 138 Å². The zero-order valence-electron chi connectivity index (χ0n) is 12.3. The normalized spacial score (nSPS) is 11.7. The first-order valence-electron chi connectivity index (χ1n) is 6.42. The quantitative estimate of drug-likeness (QED) is 0.587. The van der Waals surface area contributed by atoms with Crippen LogP contribution in [0.15, 0.2) is 53.4 Å². The fourth-order valence-corrected chi connectivity index (χ4v) is 3.47. The van der Waals surface area contributed by atoms with E-state index in [4.69, 9.17) is 0 Å². The topological polar surface area (TPSA) is 135 Å². The molecule has 11 heteroatoms. The maximum absolute atomic E-state index is 12.3. The van der Waals surface area contributed by atoms with Crippen LogP contribution in [0.1, 0.15) is 0 Å². The molecule has 2 N–H and O–H groups in total. The van der Waals surface area contributed by atoms with Crippen LogP contribution in [-0.2, 0) is 20.0 Å². The first-order chi connectivity index (χ1) is 11.1. The molecule has 24 heavy (non-hydrogen) atoms. The van der Waals surface area contributed by atoms with Crippen LogP contribution in [0.4, 0.5) is 17.1 Å². The van der Waals surface area contributed by atoms with Crippen LogP contribution in [-0.4, -0.2) is 28.0 Å². The van der Waals surface area contributed by atoms with E-state index in [9.17, 15) is 26.9 Å². The van der Waals surface area contributed by atoms with Crippen LogP contribution in [0.2, 0.25) is 0 Å². The summed E-state index contributed by atoms with van der Waals surface area (Å²) in [5.74, 6) is 0. The average molecular weight is 371 g/mol. The van der Waals surface area contributed by atoms with Crippen molar-refractivity contribution in [2.45, 2.75) is 4.90 Å². The van der Waals surface area contributed by atoms with E-state index < -0.39 is 25.0 Å². The molecule has 0 saturated heterocycles. The second-order valence-corrected chi connectivity index (χ2v) is 8.21. The molecule has 0 saturated carbocycles. The fourth-order valence-electron chi connectivity index (χ4n) is 1.81. The molecule has 0 aromatic heterocycles. The molecule has 2 rings (SSSR count). The number of nitro benzene ring substituents is 1. The number of non-ortho nitro benzene ring substituents is 1. The van der Waals surface area contributed by atoms with Crippen LogP contribution in [0, 0.1) is 10.1 Å². The molecule has 2 aromatic carbocycles. The van der Waals surface area contributed by atoms with Gasteiger partial charge in [0.1, 0.15) is 0 Å². The van der Waals surface area contributed by atoms with Crippen molar-refractivity contribution in [3.63, 3.8) is 0 Å². The van der Waals surface area contributed by atoms with Crippen molar-refractivity contribution in [3.8, 4) is 0 Å². The highest BCUT2D eigenvalue weighted by atomic mass is 32.2. The summed E-state index contributed by atoms with van der Waals surface area (Å²) < 4.78 is 51.8. The van der Waals surface area contributed by atoms with E-state index in [0.29, 0.717) is 0 Å². The van der Waals surface area contributed by atoms with Gasteiger partial charge in [0, 0.05) is 12.1 Å². The molecule has 0 heterocycles. The predicted octanol–water partition coefficient (Wildman–Crippen LogP) is 1.77. The number of hydrogen-bond donors (Lipinski definition) is 2. The van der Waals surface area contributed by atoms with Gasteiger partial charge in [-0.2, -0.15) is 0 Å². The molecule has 0 spiro atoms. The molecular formula is C13H13N3O6S2. The summed E-state index contributed by atoms with van der Waals surface area (Å²) in [5, 5.41) is 10.6. The second-order valence-electron chi connectivity index (χ2n) is 4.78. The molecule has 0 fully saturated rings. The summed E-state index contributed by atoms with van der Waals surface area (Å²) in [6.07, 6.45) is 0.939. The third kappa shape index (κ3) is 4.43. The lowest BCUT2D eigenvalue weighted by Crippen LogP contribution is -2.16. The van der Waals surface area contributed by atoms with Gasteiger partial charge >= 0.3 is 0 Å². The zero-order chi connectivity index (χ0) is 18.0. The van der Waals surface area contributed by atoms with E-state index in [-0.39, 0.29) is 22.0 Å². The van der Waals surface area contributed by atoms with Crippen molar-refractivity contribution in [2.24, 2.45) is 0 Å². The molecule has 0 amide bonds. The molecule has 0 atom stereocenters. The van der Waals surface area contributed by atoms with Gasteiger partial charge in [-0.15, -0.1) is 0 Å². The van der Waals surface area contributed by atoms with Crippen molar-refractivity contribution >= 4 is 37.1 Å². The minimum absolute atomic E-state index is 0.0290. The first-order valence-corrected chi connectivity index (χ1v) is 9.80. The average Bonchev–Trinajstić information content (AvgIpc) is 2.48. The summed E-state index contributed by atoms with van der Waals surface area (Å²) in [4.78, 5) is 9.77. The number of rotatable bonds is 6. The van der Waals surface area contributed by atoms with Crippen LogP contribution in [0.5, 0.6) is 0 Å². The van der Waals surface area contributed by atoms with Gasteiger partial charge in [-0.25, -0.2) is 16.8 Å². The number of benzene rings is 2. The number of nitrogens with one attached hydrogen (secondary N) is 2. The maximum Gasteiger partial charge on any atom is 0.269 e. The minimum atomic E-state index is -4.04. The molecule has 0 radical (unpaired) electrons. The van der Waals surface area contributed by atoms with Gasteiger partial charge < -0.3 is 0 Å². The first kappa shape index (κ1) is 17.7. The Balaban J connectivity index is 2.34. The SMILES string of the molecule is CS(=O)(=O)Nc1ccccc1NS(=O)(=O)c1ccc([N+](=O)[O-])cc1. The van der Waals surface area contributed by atoms with E-state index in [0.717, 1.165) is 30.5 Å². The van der Waals surface area contributed by atoms with Crippen molar-refractivity contribution < 1.29 is 21.8 Å². The minimum Gasteiger partial charge on any atom is -0.282 e. The van der Waals surface area contributed by atoms with Crippen molar-refractivity contribution in [2.75, 3.05) is 15.7 Å². The summed E-state index contributed by atoms with van der Waals surface area (Å²) in [6.45, 7) is 0. The van der Waals surface area contributed by atoms with E-state index >= 15 is 0 Å². The Bertz CT molecular complexity index is 969. The third-order valence-corrected chi connectivity index (χ3v) is 4.80. The summed E-state index contributed by atoms with van der Waals surface area (Å²) in [6, 6.07) is 10.2. The number of nitrogens with zero attached hydrogens (tertiary/aromatic N) is 1. The Morgan fingerprint density at radius 1 is 0.875 bits per heavy atom. The Morgan fingerprint density at radius 2 is 1.38 bits per heavy atom. The van der Waals surface area contributed by atoms with E-state index in [1.165, 1.54) is 24.3 Å². The number of nitro groups is 1. The Kier molecular flexibility index (Phi) is 4.76. The number of anilines is 2. The summed E-state index contributed by atoms with van der Waals surface area (Å²) >= 11 is 0. The van der Waals surface area contributed by atoms with Gasteiger partial charge in [0.2, 0.25) is 10.0 Å². The van der Waals surface area contributed by atoms with Crippen LogP contribution in [0.3, 0.4) is 0 Å². The molecule has 0 aliphatic carbocycles. The molecule has 0 aliphatic heterocycles. The number of hydrogen-bond acceptors (Lipinski definition) is 6. The van der Waals surface area contributed by atoms with Crippen LogP contribution < -0.4 is 9.44 Å². The Morgan fingerprint density at radius 3 is 1.83 bits per heavy atom. The van der Waals surface area contributed by atoms with Crippen molar-refractivity contribution in [1.29, 1.82) is 0 Å². The van der Waals surface area contributed by atoms with E-state index in [1.54, 1.807) is 0 Å². The lowest BCUT2D eigenvalue weighted by molar-refractivity contribution is -0.384. The maximum atomic E-state index is 12.3. The van der Waals surface area contributed by atoms with Crippen LogP contribution in [0.25, 0.3) is 0 Å². The lowest BCUT2D eigenvalue weighted by atomic mass is 10.3. The molecule has 0 unspecified atom stereocenters. The van der Waals surface area contributed by atoms with Gasteiger partial charge in [-0.05, 0) is 24.3 Å². The third-order valence-electron chi connectivity index (χ3n) is 2.82. The zero-order valence-corrected chi connectivity index (χ0v) is 14.0. The highest BCUT2D eigenvalue weighted by Gasteiger charge is 2.18. The Hall–Kier alpha value is -2.66. The monoisotopic (exact) mass is 371 g/mol. The molecule has 0 aliphatic rings. The predicted molar refractivity (Wildman–Crippen MR) is 88.8 cm³/mol. The smallest absolute Gasteiger partial charge is 0.269 e. The largest absolute Gasteiger partial charge is 0.282 e. The fraction of sp³-hybridized carbons (Fsp3) is 0.0769. The summed E-state index contributed by atoms with van der Waals surface area (Å²) in [7, 11) is -7.64. The highest BCUT2D eigenvalue weighted by Crippen LogP contribution is 2.25. The number of sulfonamides is 2. The van der Waals surface area contributed by atoms with Gasteiger partial charge in [-0.1, -0.05) is 12.1 Å². The molecular weight excluding hydrogens is 358 g/mol. The molecule has 0 bridgehead atoms. The lowest BCUT2D eigenvalue weighted by Gasteiger charge is -2.13. The van der Waals surface area contributed by atoms with Gasteiger partial charge in [0.25, 0.3) is 15.7 Å². The number of para-hydroxylation sites is 2. The van der Waals surface area contributed by atoms with Crippen molar-refractivity contribution in [1.82, 2.24) is 0 Å². The van der Waals surface area contributed by atoms with Gasteiger partial charge in [-0.3, -0.25) is 19.6 Å². The highest BCUT2D eigenvalue weighted by molar-refractivity contribution is 7.93.